The first kappa shape index (κ1) is 12.1. The van der Waals surface area contributed by atoms with Gasteiger partial charge < -0.3 is 11.1 Å². The molecule has 16 heavy (non-hydrogen) atoms. The molecule has 0 heterocycles. The van der Waals surface area contributed by atoms with Crippen LogP contribution in [-0.4, -0.2) is 17.4 Å². The number of nitrogens with two attached hydrogens (primary N) is 1. The van der Waals surface area contributed by atoms with E-state index in [2.05, 4.69) is 5.32 Å². The van der Waals surface area contributed by atoms with Gasteiger partial charge >= 0.3 is 5.69 Å². The van der Waals surface area contributed by atoms with E-state index in [4.69, 9.17) is 5.73 Å². The monoisotopic (exact) mass is 227 g/mol. The van der Waals surface area contributed by atoms with E-state index in [0.29, 0.717) is 0 Å². The molecule has 3 N–H and O–H groups in total. The topological polar surface area (TPSA) is 98.3 Å². The molecule has 1 amide bonds. The summed E-state index contributed by atoms with van der Waals surface area (Å²) >= 11 is 0. The number of carbonyl (C=O) groups is 1. The molecule has 86 valence electrons. The molecule has 0 aliphatic rings. The van der Waals surface area contributed by atoms with Gasteiger partial charge in [0, 0.05) is 18.2 Å². The zero-order valence-electron chi connectivity index (χ0n) is 8.27. The highest BCUT2D eigenvalue weighted by Gasteiger charge is 2.16. The van der Waals surface area contributed by atoms with Crippen molar-refractivity contribution in [1.82, 2.24) is 5.32 Å². The number of nitro benzene ring substituents is 1. The highest BCUT2D eigenvalue weighted by molar-refractivity contribution is 5.75. The molecule has 7 heteroatoms. The minimum Gasteiger partial charge on any atom is -0.369 e. The maximum Gasteiger partial charge on any atom is 0.305 e. The quantitative estimate of drug-likeness (QED) is 0.558. The summed E-state index contributed by atoms with van der Waals surface area (Å²) in [6.45, 7) is -0.0986. The van der Waals surface area contributed by atoms with E-state index < -0.39 is 22.3 Å². The maximum absolute atomic E-state index is 13.4. The second kappa shape index (κ2) is 5.17. The largest absolute Gasteiger partial charge is 0.369 e. The third-order valence-electron chi connectivity index (χ3n) is 1.87. The molecule has 0 aromatic heterocycles. The first-order valence-electron chi connectivity index (χ1n) is 4.43. The van der Waals surface area contributed by atoms with Crippen LogP contribution in [-0.2, 0) is 11.3 Å². The Balaban J connectivity index is 2.77. The van der Waals surface area contributed by atoms with Crippen molar-refractivity contribution in [3.63, 3.8) is 0 Å². The molecule has 0 bridgehead atoms. The first-order valence-corrected chi connectivity index (χ1v) is 4.43. The Morgan fingerprint density at radius 2 is 2.25 bits per heavy atom. The lowest BCUT2D eigenvalue weighted by molar-refractivity contribution is -0.387. The third-order valence-corrected chi connectivity index (χ3v) is 1.87. The fourth-order valence-corrected chi connectivity index (χ4v) is 1.16. The predicted octanol–water partition coefficient (Wildman–Crippen LogP) is 0.309. The van der Waals surface area contributed by atoms with Crippen LogP contribution in [0.15, 0.2) is 18.2 Å². The van der Waals surface area contributed by atoms with Crippen LogP contribution < -0.4 is 11.1 Å². The molecule has 0 radical (unpaired) electrons. The lowest BCUT2D eigenvalue weighted by Crippen LogP contribution is -2.28. The summed E-state index contributed by atoms with van der Waals surface area (Å²) < 4.78 is 13.4. The van der Waals surface area contributed by atoms with Crippen LogP contribution in [0.4, 0.5) is 10.1 Å². The van der Waals surface area contributed by atoms with Crippen molar-refractivity contribution in [2.75, 3.05) is 6.54 Å². The normalized spacial score (nSPS) is 10.1. The van der Waals surface area contributed by atoms with Gasteiger partial charge in [-0.25, -0.2) is 0 Å². The van der Waals surface area contributed by atoms with Crippen molar-refractivity contribution < 1.29 is 14.1 Å². The van der Waals surface area contributed by atoms with Crippen molar-refractivity contribution >= 4 is 11.6 Å². The highest BCUT2D eigenvalue weighted by Crippen LogP contribution is 2.19. The van der Waals surface area contributed by atoms with E-state index in [-0.39, 0.29) is 18.7 Å². The van der Waals surface area contributed by atoms with Gasteiger partial charge in [0.15, 0.2) is 0 Å². The summed E-state index contributed by atoms with van der Waals surface area (Å²) in [6.07, 6.45) is 0. The zero-order valence-corrected chi connectivity index (χ0v) is 8.27. The summed E-state index contributed by atoms with van der Waals surface area (Å²) in [5.41, 5.74) is 4.41. The molecule has 1 aromatic carbocycles. The Hall–Kier alpha value is -2.02. The number of benzene rings is 1. The molecular weight excluding hydrogens is 217 g/mol. The zero-order chi connectivity index (χ0) is 12.1. The second-order valence-electron chi connectivity index (χ2n) is 3.08. The van der Waals surface area contributed by atoms with Gasteiger partial charge in [-0.1, -0.05) is 12.1 Å². The number of nitrogens with one attached hydrogen (secondary N) is 1. The van der Waals surface area contributed by atoms with Gasteiger partial charge in [-0.05, 0) is 0 Å². The minimum atomic E-state index is -0.899. The number of halogens is 1. The van der Waals surface area contributed by atoms with E-state index in [1.54, 1.807) is 0 Å². The number of carbonyl (C=O) groups excluding carboxylic acids is 1. The summed E-state index contributed by atoms with van der Waals surface area (Å²) in [5, 5.41) is 13.0. The first-order chi connectivity index (χ1) is 7.52. The van der Waals surface area contributed by atoms with Gasteiger partial charge in [0.1, 0.15) is 0 Å². The lowest BCUT2D eigenvalue weighted by atomic mass is 10.2. The van der Waals surface area contributed by atoms with Gasteiger partial charge in [0.25, 0.3) is 0 Å². The summed E-state index contributed by atoms with van der Waals surface area (Å²) in [7, 11) is 0. The van der Waals surface area contributed by atoms with Crippen molar-refractivity contribution in [3.8, 4) is 0 Å². The van der Waals surface area contributed by atoms with Crippen LogP contribution in [0.2, 0.25) is 0 Å². The van der Waals surface area contributed by atoms with E-state index >= 15 is 0 Å². The Kier molecular flexibility index (Phi) is 3.90. The Morgan fingerprint density at radius 1 is 1.56 bits per heavy atom. The lowest BCUT2D eigenvalue weighted by Gasteiger charge is -2.04. The molecule has 0 unspecified atom stereocenters. The van der Waals surface area contributed by atoms with Crippen LogP contribution >= 0.6 is 0 Å². The molecule has 0 aliphatic carbocycles. The molecule has 0 fully saturated rings. The number of amides is 1. The molecule has 0 aliphatic heterocycles. The SMILES string of the molecule is NC(=O)CNCc1cccc([N+](=O)[O-])c1F. The van der Waals surface area contributed by atoms with E-state index in [0.717, 1.165) is 6.07 Å². The highest BCUT2D eigenvalue weighted by atomic mass is 19.1. The molecule has 6 nitrogen and oxygen atoms in total. The number of primary amides is 1. The number of hydrogen-bond acceptors (Lipinski definition) is 4. The molecule has 0 saturated carbocycles. The van der Waals surface area contributed by atoms with Crippen LogP contribution in [0.1, 0.15) is 5.56 Å². The van der Waals surface area contributed by atoms with Gasteiger partial charge in [0.2, 0.25) is 11.7 Å². The average Bonchev–Trinajstić information content (AvgIpc) is 2.19. The summed E-state index contributed by atoms with van der Waals surface area (Å²) in [4.78, 5) is 20.0. The molecule has 0 spiro atoms. The van der Waals surface area contributed by atoms with Crippen LogP contribution in [0.25, 0.3) is 0 Å². The smallest absolute Gasteiger partial charge is 0.305 e. The molecular formula is C9H10FN3O3. The third kappa shape index (κ3) is 2.99. The molecule has 1 aromatic rings. The number of hydrogen-bond donors (Lipinski definition) is 2. The summed E-state index contributed by atoms with van der Waals surface area (Å²) in [6, 6.07) is 3.85. The fraction of sp³-hybridized carbons (Fsp3) is 0.222. The van der Waals surface area contributed by atoms with Gasteiger partial charge in [-0.2, -0.15) is 4.39 Å². The van der Waals surface area contributed by atoms with Crippen LogP contribution in [0, 0.1) is 15.9 Å². The standard InChI is InChI=1S/C9H10FN3O3/c10-9-6(4-12-5-8(11)14)2-1-3-7(9)13(15)16/h1-3,12H,4-5H2,(H2,11,14). The van der Waals surface area contributed by atoms with Crippen molar-refractivity contribution in [2.24, 2.45) is 5.73 Å². The Bertz CT molecular complexity index is 422. The Morgan fingerprint density at radius 3 is 2.81 bits per heavy atom. The fourth-order valence-electron chi connectivity index (χ4n) is 1.16. The van der Waals surface area contributed by atoms with Gasteiger partial charge in [-0.15, -0.1) is 0 Å². The van der Waals surface area contributed by atoms with E-state index in [1.807, 2.05) is 0 Å². The minimum absolute atomic E-state index is 0.0104. The Labute approximate surface area is 90.4 Å². The van der Waals surface area contributed by atoms with E-state index in [9.17, 15) is 19.3 Å². The van der Waals surface area contributed by atoms with E-state index in [1.165, 1.54) is 12.1 Å². The van der Waals surface area contributed by atoms with Crippen molar-refractivity contribution in [2.45, 2.75) is 6.54 Å². The second-order valence-corrected chi connectivity index (χ2v) is 3.08. The van der Waals surface area contributed by atoms with Crippen LogP contribution in [0.5, 0.6) is 0 Å². The maximum atomic E-state index is 13.4. The van der Waals surface area contributed by atoms with Crippen molar-refractivity contribution in [3.05, 3.63) is 39.7 Å². The van der Waals surface area contributed by atoms with Gasteiger partial charge in [-0.3, -0.25) is 14.9 Å². The summed E-state index contributed by atoms with van der Waals surface area (Å²) in [5.74, 6) is -1.48. The van der Waals surface area contributed by atoms with Crippen molar-refractivity contribution in [1.29, 1.82) is 0 Å². The molecule has 0 atom stereocenters. The number of nitrogens with zero attached hydrogens (tertiary/aromatic N) is 1. The predicted molar refractivity (Wildman–Crippen MR) is 54.0 cm³/mol. The average molecular weight is 227 g/mol. The number of rotatable bonds is 5. The molecule has 1 rings (SSSR count). The van der Waals surface area contributed by atoms with Crippen LogP contribution in [0.3, 0.4) is 0 Å². The molecule has 0 saturated heterocycles. The van der Waals surface area contributed by atoms with Gasteiger partial charge in [0.05, 0.1) is 11.5 Å². The number of nitro groups is 1.